The number of fused-ring (bicyclic) bond motifs is 1. The molecule has 4 nitrogen and oxygen atoms in total. The van der Waals surface area contributed by atoms with Crippen molar-refractivity contribution in [2.75, 3.05) is 0 Å². The largest absolute Gasteiger partial charge is 0.478 e. The first-order valence-electron chi connectivity index (χ1n) is 5.06. The number of benzene rings is 1. The Balaban J connectivity index is 2.90. The van der Waals surface area contributed by atoms with E-state index < -0.39 is 5.97 Å². The van der Waals surface area contributed by atoms with Crippen LogP contribution in [0.1, 0.15) is 21.6 Å². The van der Waals surface area contributed by atoms with Crippen LogP contribution in [0.5, 0.6) is 0 Å². The lowest BCUT2D eigenvalue weighted by molar-refractivity contribution is 0.0699. The number of aromatic carboxylic acids is 1. The number of carboxylic acid groups (broad SMARTS) is 1. The van der Waals surface area contributed by atoms with Gasteiger partial charge in [0.1, 0.15) is 0 Å². The summed E-state index contributed by atoms with van der Waals surface area (Å²) in [6, 6.07) is 4.84. The smallest absolute Gasteiger partial charge is 0.336 e. The van der Waals surface area contributed by atoms with E-state index in [2.05, 4.69) is 4.98 Å². The molecule has 0 fully saturated rings. The lowest BCUT2D eigenvalue weighted by Crippen LogP contribution is -2.06. The Bertz CT molecular complexity index is 611. The van der Waals surface area contributed by atoms with Crippen LogP contribution in [0.15, 0.2) is 18.2 Å². The van der Waals surface area contributed by atoms with Crippen molar-refractivity contribution in [3.63, 3.8) is 0 Å². The van der Waals surface area contributed by atoms with E-state index in [1.807, 2.05) is 6.92 Å². The molecule has 0 saturated heterocycles. The molecule has 0 aliphatic rings. The van der Waals surface area contributed by atoms with Crippen LogP contribution in [0.2, 0.25) is 5.02 Å². The van der Waals surface area contributed by atoms with Crippen molar-refractivity contribution in [1.29, 1.82) is 0 Å². The molecule has 0 saturated carbocycles. The molecular weight excluding hydrogens is 240 g/mol. The molecule has 2 rings (SSSR count). The van der Waals surface area contributed by atoms with Gasteiger partial charge in [0.15, 0.2) is 0 Å². The molecule has 1 heterocycles. The van der Waals surface area contributed by atoms with Crippen molar-refractivity contribution in [1.82, 2.24) is 4.98 Å². The van der Waals surface area contributed by atoms with E-state index in [-0.39, 0.29) is 12.1 Å². The topological polar surface area (TPSA) is 76.2 Å². The lowest BCUT2D eigenvalue weighted by atomic mass is 10.0. The normalized spacial score (nSPS) is 10.8. The van der Waals surface area contributed by atoms with Crippen LogP contribution >= 0.6 is 11.6 Å². The Kier molecular flexibility index (Phi) is 3.00. The van der Waals surface area contributed by atoms with Crippen LogP contribution in [0, 0.1) is 6.92 Å². The summed E-state index contributed by atoms with van der Waals surface area (Å²) >= 11 is 6.00. The monoisotopic (exact) mass is 250 g/mol. The van der Waals surface area contributed by atoms with Crippen molar-refractivity contribution in [2.24, 2.45) is 5.73 Å². The number of halogens is 1. The van der Waals surface area contributed by atoms with Gasteiger partial charge >= 0.3 is 5.97 Å². The Hall–Kier alpha value is -1.65. The van der Waals surface area contributed by atoms with E-state index in [0.29, 0.717) is 21.6 Å². The molecule has 17 heavy (non-hydrogen) atoms. The third-order valence-corrected chi connectivity index (χ3v) is 3.07. The third-order valence-electron chi connectivity index (χ3n) is 2.66. The maximum atomic E-state index is 11.2. The minimum absolute atomic E-state index is 0.197. The van der Waals surface area contributed by atoms with Gasteiger partial charge in [-0.1, -0.05) is 17.7 Å². The molecule has 0 atom stereocenters. The highest BCUT2D eigenvalue weighted by Crippen LogP contribution is 2.26. The van der Waals surface area contributed by atoms with Crippen molar-refractivity contribution in [2.45, 2.75) is 13.5 Å². The molecule has 0 radical (unpaired) electrons. The third kappa shape index (κ3) is 1.97. The minimum atomic E-state index is -0.992. The van der Waals surface area contributed by atoms with Crippen molar-refractivity contribution in [3.8, 4) is 0 Å². The molecule has 5 heteroatoms. The van der Waals surface area contributed by atoms with Crippen molar-refractivity contribution in [3.05, 3.63) is 40.0 Å². The predicted octanol–water partition coefficient (Wildman–Crippen LogP) is 2.35. The zero-order valence-electron chi connectivity index (χ0n) is 9.20. The molecule has 0 amide bonds. The highest BCUT2D eigenvalue weighted by Gasteiger charge is 2.13. The summed E-state index contributed by atoms with van der Waals surface area (Å²) in [6.07, 6.45) is 0. The second-order valence-electron chi connectivity index (χ2n) is 3.74. The average molecular weight is 251 g/mol. The van der Waals surface area contributed by atoms with Gasteiger partial charge in [0.05, 0.1) is 16.8 Å². The molecule has 88 valence electrons. The summed E-state index contributed by atoms with van der Waals surface area (Å²) in [6.45, 7) is 2.01. The van der Waals surface area contributed by atoms with Crippen molar-refractivity contribution < 1.29 is 9.90 Å². The van der Waals surface area contributed by atoms with Crippen LogP contribution in [-0.4, -0.2) is 16.1 Å². The average Bonchev–Trinajstić information content (AvgIpc) is 2.32. The standard InChI is InChI=1S/C12H11ClN2O2/c1-6-10(13)3-2-8-9(12(16)17)4-7(5-14)15-11(6)8/h2-4H,5,14H2,1H3,(H,16,17). The molecule has 0 aliphatic heterocycles. The Morgan fingerprint density at radius 3 is 2.82 bits per heavy atom. The Morgan fingerprint density at radius 1 is 1.53 bits per heavy atom. The highest BCUT2D eigenvalue weighted by molar-refractivity contribution is 6.32. The maximum Gasteiger partial charge on any atom is 0.336 e. The fourth-order valence-corrected chi connectivity index (χ4v) is 1.89. The van der Waals surface area contributed by atoms with Gasteiger partial charge in [0, 0.05) is 17.0 Å². The number of aromatic nitrogens is 1. The molecule has 0 unspecified atom stereocenters. The molecule has 0 aliphatic carbocycles. The lowest BCUT2D eigenvalue weighted by Gasteiger charge is -2.08. The summed E-state index contributed by atoms with van der Waals surface area (Å²) < 4.78 is 0. The van der Waals surface area contributed by atoms with Gasteiger partial charge in [-0.15, -0.1) is 0 Å². The second-order valence-corrected chi connectivity index (χ2v) is 4.15. The van der Waals surface area contributed by atoms with E-state index >= 15 is 0 Å². The number of carbonyl (C=O) groups is 1. The number of pyridine rings is 1. The Labute approximate surface area is 103 Å². The quantitative estimate of drug-likeness (QED) is 0.858. The first-order valence-corrected chi connectivity index (χ1v) is 5.44. The molecule has 1 aromatic carbocycles. The van der Waals surface area contributed by atoms with E-state index in [1.54, 1.807) is 12.1 Å². The zero-order chi connectivity index (χ0) is 12.6. The van der Waals surface area contributed by atoms with Gasteiger partial charge in [0.25, 0.3) is 0 Å². The van der Waals surface area contributed by atoms with E-state index in [4.69, 9.17) is 22.4 Å². The number of hydrogen-bond donors (Lipinski definition) is 2. The number of nitrogens with zero attached hydrogens (tertiary/aromatic N) is 1. The number of hydrogen-bond acceptors (Lipinski definition) is 3. The van der Waals surface area contributed by atoms with Gasteiger partial charge < -0.3 is 10.8 Å². The van der Waals surface area contributed by atoms with Crippen LogP contribution < -0.4 is 5.73 Å². The van der Waals surface area contributed by atoms with E-state index in [0.717, 1.165) is 5.56 Å². The van der Waals surface area contributed by atoms with Crippen LogP contribution in [0.25, 0.3) is 10.9 Å². The first-order chi connectivity index (χ1) is 8.04. The fourth-order valence-electron chi connectivity index (χ4n) is 1.74. The summed E-state index contributed by atoms with van der Waals surface area (Å²) in [4.78, 5) is 15.5. The predicted molar refractivity (Wildman–Crippen MR) is 66.3 cm³/mol. The first kappa shape index (κ1) is 11.8. The minimum Gasteiger partial charge on any atom is -0.478 e. The van der Waals surface area contributed by atoms with E-state index in [9.17, 15) is 4.79 Å². The Morgan fingerprint density at radius 2 is 2.24 bits per heavy atom. The molecule has 2 aromatic rings. The van der Waals surface area contributed by atoms with Crippen LogP contribution in [-0.2, 0) is 6.54 Å². The maximum absolute atomic E-state index is 11.2. The molecule has 0 spiro atoms. The highest BCUT2D eigenvalue weighted by atomic mass is 35.5. The number of nitrogens with two attached hydrogens (primary N) is 1. The number of carboxylic acids is 1. The van der Waals surface area contributed by atoms with E-state index in [1.165, 1.54) is 6.07 Å². The summed E-state index contributed by atoms with van der Waals surface area (Å²) in [7, 11) is 0. The molecule has 1 aromatic heterocycles. The van der Waals surface area contributed by atoms with Gasteiger partial charge in [-0.25, -0.2) is 4.79 Å². The number of aryl methyl sites for hydroxylation is 1. The van der Waals surface area contributed by atoms with Gasteiger partial charge in [0.2, 0.25) is 0 Å². The summed E-state index contributed by atoms with van der Waals surface area (Å²) in [5, 5.41) is 10.3. The fraction of sp³-hybridized carbons (Fsp3) is 0.167. The van der Waals surface area contributed by atoms with Gasteiger partial charge in [-0.05, 0) is 24.6 Å². The SMILES string of the molecule is Cc1c(Cl)ccc2c(C(=O)O)cc(CN)nc12. The molecular formula is C12H11ClN2O2. The zero-order valence-corrected chi connectivity index (χ0v) is 9.95. The molecule has 0 bridgehead atoms. The summed E-state index contributed by atoms with van der Waals surface area (Å²) in [5.74, 6) is -0.992. The second kappa shape index (κ2) is 4.31. The summed E-state index contributed by atoms with van der Waals surface area (Å²) in [5.41, 5.74) is 7.62. The molecule has 3 N–H and O–H groups in total. The van der Waals surface area contributed by atoms with Crippen LogP contribution in [0.4, 0.5) is 0 Å². The number of rotatable bonds is 2. The van der Waals surface area contributed by atoms with Gasteiger partial charge in [-0.3, -0.25) is 4.98 Å². The van der Waals surface area contributed by atoms with Crippen LogP contribution in [0.3, 0.4) is 0 Å². The van der Waals surface area contributed by atoms with Crippen molar-refractivity contribution >= 4 is 28.5 Å². The van der Waals surface area contributed by atoms with Gasteiger partial charge in [-0.2, -0.15) is 0 Å².